The van der Waals surface area contributed by atoms with Gasteiger partial charge in [-0.3, -0.25) is 0 Å². The van der Waals surface area contributed by atoms with Gasteiger partial charge in [-0.05, 0) is 25.1 Å². The van der Waals surface area contributed by atoms with E-state index in [4.69, 9.17) is 5.26 Å². The van der Waals surface area contributed by atoms with Crippen molar-refractivity contribution in [3.63, 3.8) is 0 Å². The van der Waals surface area contributed by atoms with Gasteiger partial charge in [0.15, 0.2) is 11.6 Å². The minimum absolute atomic E-state index is 0.0966. The lowest BCUT2D eigenvalue weighted by molar-refractivity contribution is 0.551. The molecule has 5 heteroatoms. The van der Waals surface area contributed by atoms with Gasteiger partial charge in [0.1, 0.15) is 11.5 Å². The molecule has 0 amide bonds. The van der Waals surface area contributed by atoms with Gasteiger partial charge >= 0.3 is 0 Å². The second kappa shape index (κ2) is 5.88. The van der Waals surface area contributed by atoms with Gasteiger partial charge in [-0.1, -0.05) is 18.2 Å². The monoisotopic (exact) mass is 290 g/mol. The summed E-state index contributed by atoms with van der Waals surface area (Å²) in [4.78, 5) is 1.31. The predicted molar refractivity (Wildman–Crippen MR) is 74.3 cm³/mol. The molecule has 0 fully saturated rings. The fourth-order valence-electron chi connectivity index (χ4n) is 2.18. The lowest BCUT2D eigenvalue weighted by Gasteiger charge is -2.28. The van der Waals surface area contributed by atoms with E-state index >= 15 is 0 Å². The third-order valence-electron chi connectivity index (χ3n) is 3.43. The van der Waals surface area contributed by atoms with Crippen LogP contribution in [0.5, 0.6) is 0 Å². The first-order valence-electron chi connectivity index (χ1n) is 6.32. The van der Waals surface area contributed by atoms with Crippen LogP contribution in [0.15, 0.2) is 36.4 Å². The molecule has 0 bridgehead atoms. The molecule has 0 heterocycles. The minimum Gasteiger partial charge on any atom is -0.363 e. The second-order valence-corrected chi connectivity index (χ2v) is 4.71. The van der Waals surface area contributed by atoms with Crippen LogP contribution in [0.25, 0.3) is 0 Å². The van der Waals surface area contributed by atoms with Crippen molar-refractivity contribution in [1.82, 2.24) is 0 Å². The van der Waals surface area contributed by atoms with Crippen molar-refractivity contribution in [2.45, 2.75) is 13.0 Å². The fraction of sp³-hybridized carbons (Fsp3) is 0.188. The van der Waals surface area contributed by atoms with E-state index in [0.717, 1.165) is 12.1 Å². The van der Waals surface area contributed by atoms with E-state index in [9.17, 15) is 13.2 Å². The van der Waals surface area contributed by atoms with Gasteiger partial charge in [0.25, 0.3) is 0 Å². The van der Waals surface area contributed by atoms with Crippen LogP contribution in [-0.2, 0) is 0 Å². The highest BCUT2D eigenvalue weighted by atomic mass is 19.1. The first-order chi connectivity index (χ1) is 9.95. The lowest BCUT2D eigenvalue weighted by Crippen LogP contribution is -2.24. The van der Waals surface area contributed by atoms with E-state index in [2.05, 4.69) is 0 Å². The topological polar surface area (TPSA) is 27.0 Å². The summed E-state index contributed by atoms with van der Waals surface area (Å²) in [5.74, 6) is -2.14. The molecule has 0 radical (unpaired) electrons. The van der Waals surface area contributed by atoms with E-state index in [-0.39, 0.29) is 11.3 Å². The fourth-order valence-corrected chi connectivity index (χ4v) is 2.18. The molecule has 0 saturated carbocycles. The molecular formula is C16H13F3N2. The summed E-state index contributed by atoms with van der Waals surface area (Å²) in [5, 5.41) is 8.69. The van der Waals surface area contributed by atoms with Crippen molar-refractivity contribution in [1.29, 1.82) is 5.26 Å². The first kappa shape index (κ1) is 14.9. The molecule has 0 saturated heterocycles. The molecule has 0 spiro atoms. The Morgan fingerprint density at radius 3 is 2.14 bits per heavy atom. The van der Waals surface area contributed by atoms with Crippen LogP contribution in [0.2, 0.25) is 0 Å². The average molecular weight is 290 g/mol. The van der Waals surface area contributed by atoms with Gasteiger partial charge in [-0.25, -0.2) is 13.2 Å². The van der Waals surface area contributed by atoms with Crippen LogP contribution in [0.4, 0.5) is 18.9 Å². The SMILES string of the molecule is CC(c1ccccc1F)N(C)c1c(F)cc(C#N)cc1F. The molecule has 108 valence electrons. The summed E-state index contributed by atoms with van der Waals surface area (Å²) in [5.41, 5.74) is -0.0476. The number of hydrogen-bond acceptors (Lipinski definition) is 2. The zero-order valence-electron chi connectivity index (χ0n) is 11.6. The van der Waals surface area contributed by atoms with Gasteiger partial charge in [0, 0.05) is 12.6 Å². The number of nitriles is 1. The van der Waals surface area contributed by atoms with Gasteiger partial charge in [0.2, 0.25) is 0 Å². The predicted octanol–water partition coefficient (Wildman–Crippen LogP) is 4.17. The van der Waals surface area contributed by atoms with E-state index < -0.39 is 23.5 Å². The van der Waals surface area contributed by atoms with Crippen molar-refractivity contribution in [2.75, 3.05) is 11.9 Å². The maximum atomic E-state index is 14.0. The maximum Gasteiger partial charge on any atom is 0.150 e. The van der Waals surface area contributed by atoms with Gasteiger partial charge < -0.3 is 4.90 Å². The minimum atomic E-state index is -0.850. The summed E-state index contributed by atoms with van der Waals surface area (Å²) < 4.78 is 41.8. The molecule has 0 aliphatic heterocycles. The number of anilines is 1. The summed E-state index contributed by atoms with van der Waals surface area (Å²) in [7, 11) is 1.48. The Bertz CT molecular complexity index is 684. The normalized spacial score (nSPS) is 11.8. The lowest BCUT2D eigenvalue weighted by atomic mass is 10.1. The van der Waals surface area contributed by atoms with Gasteiger partial charge in [-0.15, -0.1) is 0 Å². The quantitative estimate of drug-likeness (QED) is 0.848. The van der Waals surface area contributed by atoms with Crippen molar-refractivity contribution < 1.29 is 13.2 Å². The number of benzene rings is 2. The molecule has 0 aliphatic carbocycles. The Morgan fingerprint density at radius 2 is 1.62 bits per heavy atom. The van der Waals surface area contributed by atoms with Crippen LogP contribution >= 0.6 is 0 Å². The molecule has 21 heavy (non-hydrogen) atoms. The summed E-state index contributed by atoms with van der Waals surface area (Å²) in [6.45, 7) is 1.65. The summed E-state index contributed by atoms with van der Waals surface area (Å²) >= 11 is 0. The highest BCUT2D eigenvalue weighted by Crippen LogP contribution is 2.31. The second-order valence-electron chi connectivity index (χ2n) is 4.71. The molecule has 1 atom stereocenters. The number of halogens is 3. The van der Waals surface area contributed by atoms with Crippen LogP contribution in [0.3, 0.4) is 0 Å². The Hall–Kier alpha value is -2.48. The van der Waals surface area contributed by atoms with E-state index in [1.807, 2.05) is 0 Å². The Labute approximate surface area is 121 Å². The first-order valence-corrected chi connectivity index (χ1v) is 6.32. The van der Waals surface area contributed by atoms with Crippen LogP contribution < -0.4 is 4.90 Å². The highest BCUT2D eigenvalue weighted by Gasteiger charge is 2.22. The van der Waals surface area contributed by atoms with E-state index in [1.165, 1.54) is 18.0 Å². The number of nitrogens with zero attached hydrogens (tertiary/aromatic N) is 2. The number of rotatable bonds is 3. The van der Waals surface area contributed by atoms with Crippen molar-refractivity contribution in [2.24, 2.45) is 0 Å². The molecule has 1 unspecified atom stereocenters. The molecule has 2 rings (SSSR count). The van der Waals surface area contributed by atoms with Gasteiger partial charge in [-0.2, -0.15) is 5.26 Å². The zero-order valence-corrected chi connectivity index (χ0v) is 11.6. The van der Waals surface area contributed by atoms with Crippen LogP contribution in [-0.4, -0.2) is 7.05 Å². The number of hydrogen-bond donors (Lipinski definition) is 0. The van der Waals surface area contributed by atoms with Crippen molar-refractivity contribution in [3.05, 3.63) is 65.0 Å². The van der Waals surface area contributed by atoms with Crippen LogP contribution in [0, 0.1) is 28.8 Å². The third-order valence-corrected chi connectivity index (χ3v) is 3.43. The maximum absolute atomic E-state index is 14.0. The molecule has 0 N–H and O–H groups in total. The average Bonchev–Trinajstić information content (AvgIpc) is 2.46. The molecule has 2 aromatic rings. The molecule has 2 nitrogen and oxygen atoms in total. The van der Waals surface area contributed by atoms with E-state index in [0.29, 0.717) is 5.56 Å². The van der Waals surface area contributed by atoms with Crippen molar-refractivity contribution >= 4 is 5.69 Å². The Morgan fingerprint density at radius 1 is 1.05 bits per heavy atom. The molecule has 0 aliphatic rings. The standard InChI is InChI=1S/C16H13F3N2/c1-10(12-5-3-4-6-13(12)17)21(2)16-14(18)7-11(9-20)8-15(16)19/h3-8,10H,1-2H3. The smallest absolute Gasteiger partial charge is 0.150 e. The summed E-state index contributed by atoms with van der Waals surface area (Å²) in [6, 6.07) is 9.12. The van der Waals surface area contributed by atoms with Crippen LogP contribution in [0.1, 0.15) is 24.1 Å². The Balaban J connectivity index is 2.43. The third kappa shape index (κ3) is 2.84. The highest BCUT2D eigenvalue weighted by molar-refractivity contribution is 5.53. The Kier molecular flexibility index (Phi) is 4.18. The largest absolute Gasteiger partial charge is 0.363 e. The van der Waals surface area contributed by atoms with E-state index in [1.54, 1.807) is 31.2 Å². The summed E-state index contributed by atoms with van der Waals surface area (Å²) in [6.07, 6.45) is 0. The molecule has 0 aromatic heterocycles. The molecular weight excluding hydrogens is 277 g/mol. The zero-order chi connectivity index (χ0) is 15.6. The molecule has 2 aromatic carbocycles. The van der Waals surface area contributed by atoms with Gasteiger partial charge in [0.05, 0.1) is 17.7 Å². The van der Waals surface area contributed by atoms with Crippen molar-refractivity contribution in [3.8, 4) is 6.07 Å².